The number of benzene rings is 1. The molecule has 0 aliphatic rings. The number of ether oxygens (including phenoxy) is 1. The third kappa shape index (κ3) is 14.8. The molecule has 0 aliphatic heterocycles. The first kappa shape index (κ1) is 24.8. The number of hydrogen-bond donors (Lipinski definition) is 0. The number of pyridine rings is 1. The van der Waals surface area contributed by atoms with Gasteiger partial charge in [0.2, 0.25) is 0 Å². The van der Waals surface area contributed by atoms with Crippen LogP contribution < -0.4 is 0 Å². The molecule has 0 atom stereocenters. The highest BCUT2D eigenvalue weighted by atomic mass is 16.5. The molecule has 1 aromatic carbocycles. The molecule has 4 nitrogen and oxygen atoms in total. The largest absolute Gasteiger partial charge is 0.469 e. The third-order valence-corrected chi connectivity index (χ3v) is 2.76. The van der Waals surface area contributed by atoms with Crippen LogP contribution in [0.25, 0.3) is 0 Å². The first-order valence-corrected chi connectivity index (χ1v) is 8.56. The maximum atomic E-state index is 11.0. The second-order valence-electron chi connectivity index (χ2n) is 4.60. The number of rotatable bonds is 3. The molecule has 2 rings (SSSR count). The van der Waals surface area contributed by atoms with E-state index < -0.39 is 0 Å². The van der Waals surface area contributed by atoms with Gasteiger partial charge in [-0.3, -0.25) is 14.6 Å². The van der Waals surface area contributed by atoms with Crippen molar-refractivity contribution >= 4 is 11.8 Å². The molecule has 0 N–H and O–H groups in total. The van der Waals surface area contributed by atoms with Gasteiger partial charge in [0.1, 0.15) is 0 Å². The highest BCUT2D eigenvalue weighted by molar-refractivity contribution is 5.95. The Morgan fingerprint density at radius 3 is 1.84 bits per heavy atom. The van der Waals surface area contributed by atoms with Gasteiger partial charge in [0.05, 0.1) is 7.11 Å². The molecule has 1 heterocycles. The molecule has 0 saturated heterocycles. The summed E-state index contributed by atoms with van der Waals surface area (Å²) in [5, 5.41) is 0. The predicted molar refractivity (Wildman–Crippen MR) is 104 cm³/mol. The van der Waals surface area contributed by atoms with Crippen molar-refractivity contribution in [3.8, 4) is 0 Å². The van der Waals surface area contributed by atoms with Crippen molar-refractivity contribution in [2.45, 2.75) is 47.5 Å². The van der Waals surface area contributed by atoms with E-state index >= 15 is 0 Å². The van der Waals surface area contributed by atoms with Gasteiger partial charge in [0, 0.05) is 30.8 Å². The Kier molecular flexibility index (Phi) is 17.7. The summed E-state index contributed by atoms with van der Waals surface area (Å²) in [6.07, 6.45) is 4.26. The minimum atomic E-state index is -0.157. The Labute approximate surface area is 152 Å². The summed E-state index contributed by atoms with van der Waals surface area (Å²) in [5.74, 6) is -0.0110. The molecular weight excluding hydrogens is 314 g/mol. The Hall–Kier alpha value is -2.49. The van der Waals surface area contributed by atoms with E-state index in [2.05, 4.69) is 28.8 Å². The van der Waals surface area contributed by atoms with Crippen LogP contribution in [0.15, 0.2) is 54.9 Å². The van der Waals surface area contributed by atoms with Gasteiger partial charge in [-0.2, -0.15) is 0 Å². The van der Waals surface area contributed by atoms with Gasteiger partial charge in [0.25, 0.3) is 0 Å². The van der Waals surface area contributed by atoms with Gasteiger partial charge >= 0.3 is 5.97 Å². The van der Waals surface area contributed by atoms with Crippen LogP contribution in [0.5, 0.6) is 0 Å². The zero-order valence-corrected chi connectivity index (χ0v) is 16.3. The number of Topliss-reactive ketones (excluding diaryl/α,β-unsaturated/α-hetero) is 1. The monoisotopic (exact) mass is 345 g/mol. The summed E-state index contributed by atoms with van der Waals surface area (Å²) in [4.78, 5) is 24.8. The van der Waals surface area contributed by atoms with Crippen LogP contribution in [-0.2, 0) is 9.53 Å². The quantitative estimate of drug-likeness (QED) is 0.562. The van der Waals surface area contributed by atoms with Crippen molar-refractivity contribution in [2.75, 3.05) is 7.11 Å². The van der Waals surface area contributed by atoms with Gasteiger partial charge < -0.3 is 4.74 Å². The van der Waals surface area contributed by atoms with E-state index in [1.165, 1.54) is 12.7 Å². The summed E-state index contributed by atoms with van der Waals surface area (Å²) in [7, 11) is 1.38. The summed E-state index contributed by atoms with van der Waals surface area (Å²) < 4.78 is 4.26. The van der Waals surface area contributed by atoms with Crippen molar-refractivity contribution in [1.29, 1.82) is 0 Å². The Morgan fingerprint density at radius 1 is 0.960 bits per heavy atom. The number of hydrogen-bond acceptors (Lipinski definition) is 4. The number of aryl methyl sites for hydroxylation is 1. The van der Waals surface area contributed by atoms with Crippen LogP contribution in [-0.4, -0.2) is 23.8 Å². The van der Waals surface area contributed by atoms with Gasteiger partial charge in [0.15, 0.2) is 5.78 Å². The molecule has 0 spiro atoms. The molecule has 0 amide bonds. The van der Waals surface area contributed by atoms with Crippen molar-refractivity contribution in [2.24, 2.45) is 0 Å². The molecule has 4 heteroatoms. The second-order valence-corrected chi connectivity index (χ2v) is 4.60. The van der Waals surface area contributed by atoms with Crippen LogP contribution in [0.2, 0.25) is 0 Å². The molecule has 1 aromatic heterocycles. The number of nitrogens with zero attached hydrogens (tertiary/aromatic N) is 1. The van der Waals surface area contributed by atoms with E-state index in [0.29, 0.717) is 18.4 Å². The normalized spacial score (nSPS) is 8.24. The maximum absolute atomic E-state index is 11.0. The number of methoxy groups -OCH3 is 1. The smallest absolute Gasteiger partial charge is 0.305 e. The van der Waals surface area contributed by atoms with E-state index in [-0.39, 0.29) is 11.8 Å². The molecule has 25 heavy (non-hydrogen) atoms. The van der Waals surface area contributed by atoms with Crippen molar-refractivity contribution in [1.82, 2.24) is 4.98 Å². The van der Waals surface area contributed by atoms with Gasteiger partial charge in [-0.1, -0.05) is 63.6 Å². The first-order valence-electron chi connectivity index (χ1n) is 8.56. The molecule has 0 radical (unpaired) electrons. The van der Waals surface area contributed by atoms with Crippen LogP contribution in [0.1, 0.15) is 56.5 Å². The maximum Gasteiger partial charge on any atom is 0.305 e. The number of carbonyl (C=O) groups is 2. The fourth-order valence-electron chi connectivity index (χ4n) is 1.41. The van der Waals surface area contributed by atoms with Crippen LogP contribution in [0.3, 0.4) is 0 Å². The lowest BCUT2D eigenvalue weighted by Gasteiger charge is -1.92. The lowest BCUT2D eigenvalue weighted by molar-refractivity contribution is -0.140. The summed E-state index contributed by atoms with van der Waals surface area (Å²) in [6, 6.07) is 13.8. The molecule has 0 fully saturated rings. The van der Waals surface area contributed by atoms with Crippen molar-refractivity contribution in [3.63, 3.8) is 0 Å². The van der Waals surface area contributed by atoms with Crippen LogP contribution in [0, 0.1) is 6.92 Å². The molecular formula is C21H31NO3. The Balaban J connectivity index is 0. The third-order valence-electron chi connectivity index (χ3n) is 2.76. The topological polar surface area (TPSA) is 56.3 Å². The molecule has 0 aliphatic carbocycles. The first-order chi connectivity index (χ1) is 12.0. The van der Waals surface area contributed by atoms with E-state index in [1.807, 2.05) is 39.0 Å². The summed E-state index contributed by atoms with van der Waals surface area (Å²) >= 11 is 0. The van der Waals surface area contributed by atoms with Crippen molar-refractivity contribution < 1.29 is 14.3 Å². The zero-order chi connectivity index (χ0) is 19.5. The fraction of sp³-hybridized carbons (Fsp3) is 0.381. The second kappa shape index (κ2) is 17.9. The highest BCUT2D eigenvalue weighted by Gasteiger charge is 1.99. The summed E-state index contributed by atoms with van der Waals surface area (Å²) in [5.41, 5.74) is 2.02. The average Bonchev–Trinajstić information content (AvgIpc) is 2.70. The Bertz CT molecular complexity index is 548. The SMILES string of the molecule is CC.CCC(=O)OC.CCC(=O)c1cccnc1.Cc1ccccc1. The van der Waals surface area contributed by atoms with Crippen LogP contribution >= 0.6 is 0 Å². The highest BCUT2D eigenvalue weighted by Crippen LogP contribution is 1.99. The summed E-state index contributed by atoms with van der Waals surface area (Å²) in [6.45, 7) is 9.68. The lowest BCUT2D eigenvalue weighted by atomic mass is 10.1. The number of esters is 1. The van der Waals surface area contributed by atoms with Crippen LogP contribution in [0.4, 0.5) is 0 Å². The zero-order valence-electron chi connectivity index (χ0n) is 16.3. The van der Waals surface area contributed by atoms with E-state index in [0.717, 1.165) is 0 Å². The standard InChI is InChI=1S/C8H9NO.C7H8.C4H8O2.C2H6/c1-2-8(10)7-4-3-5-9-6-7;1-7-5-3-2-4-6-7;1-3-4(5)6-2;1-2/h3-6H,2H2,1H3;2-6H,1H3;3H2,1-2H3;1-2H3. The van der Waals surface area contributed by atoms with E-state index in [9.17, 15) is 9.59 Å². The molecule has 2 aromatic rings. The average molecular weight is 345 g/mol. The number of carbonyl (C=O) groups excluding carboxylic acids is 2. The molecule has 0 unspecified atom stereocenters. The van der Waals surface area contributed by atoms with Crippen molar-refractivity contribution in [3.05, 3.63) is 66.0 Å². The lowest BCUT2D eigenvalue weighted by Crippen LogP contribution is -1.95. The Morgan fingerprint density at radius 2 is 1.56 bits per heavy atom. The predicted octanol–water partition coefficient (Wildman–Crippen LogP) is 5.26. The van der Waals surface area contributed by atoms with Gasteiger partial charge in [-0.05, 0) is 19.1 Å². The van der Waals surface area contributed by atoms with Gasteiger partial charge in [-0.15, -0.1) is 0 Å². The van der Waals surface area contributed by atoms with Gasteiger partial charge in [-0.25, -0.2) is 0 Å². The molecule has 138 valence electrons. The number of ketones is 1. The minimum Gasteiger partial charge on any atom is -0.469 e. The molecule has 0 saturated carbocycles. The van der Waals surface area contributed by atoms with E-state index in [4.69, 9.17) is 0 Å². The van der Waals surface area contributed by atoms with E-state index in [1.54, 1.807) is 31.5 Å². The minimum absolute atomic E-state index is 0.146. The molecule has 0 bridgehead atoms. The fourth-order valence-corrected chi connectivity index (χ4v) is 1.41. The number of aromatic nitrogens is 1.